The average molecular weight is 348 g/mol. The van der Waals surface area contributed by atoms with Crippen molar-refractivity contribution in [2.75, 3.05) is 13.1 Å². The summed E-state index contributed by atoms with van der Waals surface area (Å²) in [6, 6.07) is 7.91. The Morgan fingerprint density at radius 2 is 1.79 bits per heavy atom. The van der Waals surface area contributed by atoms with Gasteiger partial charge in [-0.1, -0.05) is 11.6 Å². The SMILES string of the molecule is O[C@@H]1C[C@@H]2CN(Cc3cccn3-c3ccc(Cl)cn3)C[C@@H]2C[C@H]1O. The van der Waals surface area contributed by atoms with Gasteiger partial charge in [-0.05, 0) is 48.9 Å². The molecule has 0 unspecified atom stereocenters. The fourth-order valence-corrected chi connectivity index (χ4v) is 4.25. The van der Waals surface area contributed by atoms with Gasteiger partial charge in [-0.15, -0.1) is 0 Å². The minimum Gasteiger partial charge on any atom is -0.390 e. The predicted octanol–water partition coefficient (Wildman–Crippen LogP) is 2.09. The van der Waals surface area contributed by atoms with E-state index >= 15 is 0 Å². The van der Waals surface area contributed by atoms with Crippen molar-refractivity contribution < 1.29 is 10.2 Å². The summed E-state index contributed by atoms with van der Waals surface area (Å²) in [5, 5.41) is 20.4. The van der Waals surface area contributed by atoms with Gasteiger partial charge < -0.3 is 14.8 Å². The number of likely N-dealkylation sites (tertiary alicyclic amines) is 1. The number of hydrogen-bond donors (Lipinski definition) is 2. The van der Waals surface area contributed by atoms with Crippen molar-refractivity contribution in [3.8, 4) is 5.82 Å². The molecule has 5 nitrogen and oxygen atoms in total. The van der Waals surface area contributed by atoms with Crippen LogP contribution >= 0.6 is 11.6 Å². The number of aliphatic hydroxyl groups excluding tert-OH is 2. The molecule has 2 N–H and O–H groups in total. The van der Waals surface area contributed by atoms with Crippen LogP contribution in [0.1, 0.15) is 18.5 Å². The Kier molecular flexibility index (Phi) is 4.35. The molecule has 128 valence electrons. The molecule has 1 aliphatic heterocycles. The molecule has 3 heterocycles. The Balaban J connectivity index is 1.47. The number of hydrogen-bond acceptors (Lipinski definition) is 4. The highest BCUT2D eigenvalue weighted by molar-refractivity contribution is 6.30. The minimum atomic E-state index is -0.562. The van der Waals surface area contributed by atoms with Gasteiger partial charge in [-0.25, -0.2) is 4.98 Å². The van der Waals surface area contributed by atoms with E-state index in [4.69, 9.17) is 11.6 Å². The van der Waals surface area contributed by atoms with Gasteiger partial charge in [0.15, 0.2) is 0 Å². The first-order valence-corrected chi connectivity index (χ1v) is 8.84. The lowest BCUT2D eigenvalue weighted by atomic mass is 9.79. The Labute approximate surface area is 146 Å². The minimum absolute atomic E-state index is 0.487. The molecule has 4 atom stereocenters. The van der Waals surface area contributed by atoms with E-state index in [-0.39, 0.29) is 0 Å². The molecule has 6 heteroatoms. The summed E-state index contributed by atoms with van der Waals surface area (Å²) in [5.41, 5.74) is 1.18. The molecule has 0 radical (unpaired) electrons. The molecule has 1 saturated carbocycles. The summed E-state index contributed by atoms with van der Waals surface area (Å²) in [4.78, 5) is 6.81. The number of halogens is 1. The van der Waals surface area contributed by atoms with E-state index in [2.05, 4.69) is 20.5 Å². The summed E-state index contributed by atoms with van der Waals surface area (Å²) in [7, 11) is 0. The Hall–Kier alpha value is -1.40. The second-order valence-corrected chi connectivity index (χ2v) is 7.46. The maximum atomic E-state index is 9.89. The Bertz CT molecular complexity index is 685. The molecular formula is C18H22ClN3O2. The van der Waals surface area contributed by atoms with E-state index < -0.39 is 12.2 Å². The van der Waals surface area contributed by atoms with Crippen LogP contribution in [-0.2, 0) is 6.54 Å². The monoisotopic (exact) mass is 347 g/mol. The molecule has 2 aromatic rings. The van der Waals surface area contributed by atoms with Gasteiger partial charge in [0, 0.05) is 37.7 Å². The predicted molar refractivity (Wildman–Crippen MR) is 92.1 cm³/mol. The number of aliphatic hydroxyl groups is 2. The molecule has 24 heavy (non-hydrogen) atoms. The van der Waals surface area contributed by atoms with Crippen molar-refractivity contribution in [3.63, 3.8) is 0 Å². The van der Waals surface area contributed by atoms with Crippen molar-refractivity contribution >= 4 is 11.6 Å². The first-order chi connectivity index (χ1) is 11.6. The molecule has 0 aromatic carbocycles. The second kappa shape index (κ2) is 6.48. The van der Waals surface area contributed by atoms with Gasteiger partial charge in [0.2, 0.25) is 0 Å². The molecular weight excluding hydrogens is 326 g/mol. The Morgan fingerprint density at radius 3 is 2.42 bits per heavy atom. The summed E-state index contributed by atoms with van der Waals surface area (Å²) in [5.74, 6) is 1.84. The van der Waals surface area contributed by atoms with Crippen LogP contribution in [-0.4, -0.2) is 50.0 Å². The third-order valence-electron chi connectivity index (χ3n) is 5.36. The summed E-state index contributed by atoms with van der Waals surface area (Å²) in [6.07, 6.45) is 3.97. The number of pyridine rings is 1. The molecule has 2 aliphatic rings. The van der Waals surface area contributed by atoms with Crippen LogP contribution in [0.2, 0.25) is 5.02 Å². The zero-order chi connectivity index (χ0) is 16.7. The lowest BCUT2D eigenvalue weighted by Gasteiger charge is -2.32. The van der Waals surface area contributed by atoms with Gasteiger partial charge in [0.1, 0.15) is 5.82 Å². The maximum Gasteiger partial charge on any atom is 0.136 e. The highest BCUT2D eigenvalue weighted by atomic mass is 35.5. The van der Waals surface area contributed by atoms with Gasteiger partial charge in [0.25, 0.3) is 0 Å². The summed E-state index contributed by atoms with van der Waals surface area (Å²) >= 11 is 5.92. The van der Waals surface area contributed by atoms with E-state index in [1.54, 1.807) is 6.20 Å². The van der Waals surface area contributed by atoms with Crippen molar-refractivity contribution in [3.05, 3.63) is 47.4 Å². The smallest absolute Gasteiger partial charge is 0.136 e. The van der Waals surface area contributed by atoms with E-state index in [1.807, 2.05) is 24.4 Å². The molecule has 2 aromatic heterocycles. The molecule has 2 fully saturated rings. The highest BCUT2D eigenvalue weighted by Crippen LogP contribution is 2.37. The van der Waals surface area contributed by atoms with Crippen LogP contribution in [0.25, 0.3) is 5.82 Å². The first-order valence-electron chi connectivity index (χ1n) is 8.47. The largest absolute Gasteiger partial charge is 0.390 e. The summed E-state index contributed by atoms with van der Waals surface area (Å²) < 4.78 is 2.09. The van der Waals surface area contributed by atoms with E-state index in [0.29, 0.717) is 29.7 Å². The third kappa shape index (κ3) is 3.09. The fraction of sp³-hybridized carbons (Fsp3) is 0.500. The summed E-state index contributed by atoms with van der Waals surface area (Å²) in [6.45, 7) is 2.80. The molecule has 1 aliphatic carbocycles. The fourth-order valence-electron chi connectivity index (χ4n) is 4.14. The lowest BCUT2D eigenvalue weighted by Crippen LogP contribution is -2.38. The topological polar surface area (TPSA) is 61.5 Å². The van der Waals surface area contributed by atoms with Crippen LogP contribution in [0.4, 0.5) is 0 Å². The van der Waals surface area contributed by atoms with E-state index in [0.717, 1.165) is 25.5 Å². The van der Waals surface area contributed by atoms with Crippen LogP contribution in [0.3, 0.4) is 0 Å². The number of aromatic nitrogens is 2. The standard InChI is InChI=1S/C18H22ClN3O2/c19-14-3-4-18(20-8-14)22-5-1-2-15(22)11-21-9-12-6-16(23)17(24)7-13(12)10-21/h1-5,8,12-13,16-17,23-24H,6-7,9-11H2/t12-,13+,16-,17-/m1/s1. The van der Waals surface area contributed by atoms with E-state index in [1.165, 1.54) is 5.69 Å². The average Bonchev–Trinajstić information content (AvgIpc) is 3.16. The van der Waals surface area contributed by atoms with Crippen molar-refractivity contribution in [1.82, 2.24) is 14.5 Å². The number of nitrogens with zero attached hydrogens (tertiary/aromatic N) is 3. The molecule has 0 amide bonds. The zero-order valence-corrected chi connectivity index (χ0v) is 14.2. The normalized spacial score (nSPS) is 30.5. The van der Waals surface area contributed by atoms with Crippen LogP contribution in [0, 0.1) is 11.8 Å². The quantitative estimate of drug-likeness (QED) is 0.892. The van der Waals surface area contributed by atoms with Crippen molar-refractivity contribution in [1.29, 1.82) is 0 Å². The molecule has 0 spiro atoms. The van der Waals surface area contributed by atoms with Crippen LogP contribution in [0.5, 0.6) is 0 Å². The van der Waals surface area contributed by atoms with Gasteiger partial charge >= 0.3 is 0 Å². The van der Waals surface area contributed by atoms with Crippen molar-refractivity contribution in [2.24, 2.45) is 11.8 Å². The molecule has 0 bridgehead atoms. The number of rotatable bonds is 3. The molecule has 4 rings (SSSR count). The second-order valence-electron chi connectivity index (χ2n) is 7.02. The van der Waals surface area contributed by atoms with Crippen LogP contribution in [0.15, 0.2) is 36.7 Å². The van der Waals surface area contributed by atoms with Gasteiger partial charge in [0.05, 0.1) is 17.2 Å². The van der Waals surface area contributed by atoms with E-state index in [9.17, 15) is 10.2 Å². The van der Waals surface area contributed by atoms with Crippen molar-refractivity contribution in [2.45, 2.75) is 31.6 Å². The zero-order valence-electron chi connectivity index (χ0n) is 13.4. The lowest BCUT2D eigenvalue weighted by molar-refractivity contribution is -0.0372. The third-order valence-corrected chi connectivity index (χ3v) is 5.59. The molecule has 1 saturated heterocycles. The first kappa shape index (κ1) is 16.1. The maximum absolute atomic E-state index is 9.89. The van der Waals surface area contributed by atoms with Gasteiger partial charge in [-0.3, -0.25) is 4.90 Å². The van der Waals surface area contributed by atoms with Gasteiger partial charge in [-0.2, -0.15) is 0 Å². The number of fused-ring (bicyclic) bond motifs is 1. The Morgan fingerprint density at radius 1 is 1.08 bits per heavy atom. The van der Waals surface area contributed by atoms with Crippen LogP contribution < -0.4 is 0 Å². The highest BCUT2D eigenvalue weighted by Gasteiger charge is 2.41.